The van der Waals surface area contributed by atoms with Gasteiger partial charge in [0, 0.05) is 0 Å². The molecule has 0 aliphatic carbocycles. The fraction of sp³-hybridized carbons (Fsp3) is 1.00. The van der Waals surface area contributed by atoms with E-state index < -0.39 is 19.7 Å². The molecule has 36 valence electrons. The standard InChI is InChI=1S/C2H4IO.S.Sb/c3-1-2-4;;/h1,4H,2H2;;. The molecule has 0 saturated carbocycles. The first-order valence-electron chi connectivity index (χ1n) is 1.38. The molecule has 6 heavy (non-hydrogen) atoms. The second-order valence-corrected chi connectivity index (χ2v) is 8.96. The number of aliphatic hydroxyl groups excluding tert-OH is 1. The van der Waals surface area contributed by atoms with Gasteiger partial charge >= 0.3 is 65.0 Å². The Morgan fingerprint density at radius 1 is 2.00 bits per heavy atom. The van der Waals surface area contributed by atoms with E-state index in [-0.39, 0.29) is 6.61 Å². The molecule has 0 aromatic rings. The van der Waals surface area contributed by atoms with Crippen LogP contribution in [0, 0.1) is 0 Å². The van der Waals surface area contributed by atoms with Crippen LogP contribution >= 0.6 is 31.8 Å². The van der Waals surface area contributed by atoms with Gasteiger partial charge < -0.3 is 0 Å². The number of hydrogen-bond acceptors (Lipinski definition) is 2. The van der Waals surface area contributed by atoms with Gasteiger partial charge in [0.15, 0.2) is 0 Å². The minimum absolute atomic E-state index is 0.279. The number of alkyl halides is 1. The van der Waals surface area contributed by atoms with E-state index in [1.807, 2.05) is 0 Å². The predicted molar refractivity (Wildman–Crippen MR) is 38.2 cm³/mol. The van der Waals surface area contributed by atoms with Crippen molar-refractivity contribution < 1.29 is 5.11 Å². The second-order valence-electron chi connectivity index (χ2n) is 0.722. The normalized spacial score (nSPS) is 13.7. The summed E-state index contributed by atoms with van der Waals surface area (Å²) in [6.07, 6.45) is 0. The summed E-state index contributed by atoms with van der Waals surface area (Å²) >= 11 is 1.76. The van der Waals surface area contributed by atoms with Gasteiger partial charge in [-0.15, -0.1) is 0 Å². The topological polar surface area (TPSA) is 20.2 Å². The average molecular weight is 325 g/mol. The molecule has 0 aromatic heterocycles. The summed E-state index contributed by atoms with van der Waals surface area (Å²) in [5, 5.41) is 8.30. The molecule has 0 spiro atoms. The van der Waals surface area contributed by atoms with E-state index in [0.717, 1.165) is 0 Å². The fourth-order valence-electron chi connectivity index (χ4n) is 0.0333. The molecular formula is C2H4IOSSb. The van der Waals surface area contributed by atoms with Gasteiger partial charge in [-0.05, 0) is 0 Å². The number of aliphatic hydroxyl groups is 1. The summed E-state index contributed by atoms with van der Waals surface area (Å²) in [4.78, 5) is 0. The van der Waals surface area contributed by atoms with E-state index in [4.69, 9.17) is 14.3 Å². The Bertz CT molecular complexity index is 50.8. The zero-order valence-corrected chi connectivity index (χ0v) is 8.49. The van der Waals surface area contributed by atoms with Gasteiger partial charge in [-0.25, -0.2) is 0 Å². The summed E-state index contributed by atoms with van der Waals surface area (Å²) < 4.78 is 0.426. The van der Waals surface area contributed by atoms with Crippen molar-refractivity contribution >= 4 is 51.4 Å². The minimum atomic E-state index is -0.421. The van der Waals surface area contributed by atoms with Crippen molar-refractivity contribution in [3.05, 3.63) is 0 Å². The molecule has 0 fully saturated rings. The van der Waals surface area contributed by atoms with Crippen molar-refractivity contribution in [2.45, 2.75) is 1.87 Å². The monoisotopic (exact) mass is 324 g/mol. The van der Waals surface area contributed by atoms with Crippen molar-refractivity contribution in [1.29, 1.82) is 0 Å². The van der Waals surface area contributed by atoms with Gasteiger partial charge in [-0.1, -0.05) is 0 Å². The zero-order chi connectivity index (χ0) is 4.99. The number of halogens is 1. The van der Waals surface area contributed by atoms with Gasteiger partial charge in [0.25, 0.3) is 0 Å². The van der Waals surface area contributed by atoms with Crippen LogP contribution in [0.4, 0.5) is 0 Å². The van der Waals surface area contributed by atoms with Crippen molar-refractivity contribution in [1.82, 2.24) is 0 Å². The molecule has 0 amide bonds. The third-order valence-electron chi connectivity index (χ3n) is 0.265. The maximum absolute atomic E-state index is 8.30. The van der Waals surface area contributed by atoms with Crippen LogP contribution in [0.15, 0.2) is 0 Å². The molecule has 0 saturated heterocycles. The second kappa shape index (κ2) is 4.88. The molecule has 1 N–H and O–H groups in total. The third kappa shape index (κ3) is 3.90. The fourth-order valence-corrected chi connectivity index (χ4v) is 0.671. The van der Waals surface area contributed by atoms with E-state index in [9.17, 15) is 0 Å². The van der Waals surface area contributed by atoms with Crippen molar-refractivity contribution in [3.8, 4) is 0 Å². The van der Waals surface area contributed by atoms with Crippen molar-refractivity contribution in [2.75, 3.05) is 6.61 Å². The summed E-state index contributed by atoms with van der Waals surface area (Å²) in [5.74, 6) is 0. The molecule has 4 heteroatoms. The van der Waals surface area contributed by atoms with E-state index in [0.29, 0.717) is 1.87 Å². The molecule has 1 unspecified atom stereocenters. The zero-order valence-electron chi connectivity index (χ0n) is 2.97. The first-order valence-corrected chi connectivity index (χ1v) is 7.59. The van der Waals surface area contributed by atoms with Crippen molar-refractivity contribution in [2.24, 2.45) is 0 Å². The molecular weight excluding hydrogens is 321 g/mol. The molecule has 0 aliphatic rings. The Balaban J connectivity index is 2.96. The molecule has 0 aliphatic heterocycles. The molecule has 0 aromatic carbocycles. The van der Waals surface area contributed by atoms with Gasteiger partial charge in [0.2, 0.25) is 0 Å². The number of rotatable bonds is 2. The SMILES string of the molecule is OC[CH](I)[Sb]=[S]. The van der Waals surface area contributed by atoms with Crippen LogP contribution in [-0.4, -0.2) is 33.2 Å². The first-order chi connectivity index (χ1) is 2.81. The Labute approximate surface area is 64.3 Å². The molecule has 0 radical (unpaired) electrons. The molecule has 1 nitrogen and oxygen atoms in total. The van der Waals surface area contributed by atoms with E-state index >= 15 is 0 Å². The first kappa shape index (κ1) is 7.73. The molecule has 0 bridgehead atoms. The Hall–Kier alpha value is 1.73. The maximum atomic E-state index is 8.30. The molecule has 1 atom stereocenters. The van der Waals surface area contributed by atoms with Crippen LogP contribution < -0.4 is 0 Å². The van der Waals surface area contributed by atoms with Gasteiger partial charge in [-0.3, -0.25) is 0 Å². The van der Waals surface area contributed by atoms with Crippen LogP contribution in [0.3, 0.4) is 0 Å². The molecule has 0 rings (SSSR count). The van der Waals surface area contributed by atoms with Crippen LogP contribution in [0.5, 0.6) is 0 Å². The average Bonchev–Trinajstić information content (AvgIpc) is 1.65. The van der Waals surface area contributed by atoms with E-state index in [1.165, 1.54) is 0 Å². The summed E-state index contributed by atoms with van der Waals surface area (Å²) in [6.45, 7) is 0.279. The quantitative estimate of drug-likeness (QED) is 0.455. The van der Waals surface area contributed by atoms with Crippen LogP contribution in [0.1, 0.15) is 0 Å². The van der Waals surface area contributed by atoms with E-state index in [1.54, 1.807) is 0 Å². The summed E-state index contributed by atoms with van der Waals surface area (Å²) in [5.41, 5.74) is 0. The Morgan fingerprint density at radius 3 is 2.50 bits per heavy atom. The van der Waals surface area contributed by atoms with Gasteiger partial charge in [-0.2, -0.15) is 0 Å². The summed E-state index contributed by atoms with van der Waals surface area (Å²) in [6, 6.07) is 0. The Kier molecular flexibility index (Phi) is 6.28. The number of hydrogen-bond donors (Lipinski definition) is 1. The van der Waals surface area contributed by atoms with Gasteiger partial charge in [0.05, 0.1) is 0 Å². The van der Waals surface area contributed by atoms with Crippen LogP contribution in [-0.2, 0) is 0 Å². The van der Waals surface area contributed by atoms with Crippen LogP contribution in [0.25, 0.3) is 0 Å². The van der Waals surface area contributed by atoms with Crippen molar-refractivity contribution in [3.63, 3.8) is 0 Å². The third-order valence-corrected chi connectivity index (χ3v) is 7.89. The Morgan fingerprint density at radius 2 is 2.50 bits per heavy atom. The van der Waals surface area contributed by atoms with E-state index in [2.05, 4.69) is 22.6 Å². The van der Waals surface area contributed by atoms with Crippen LogP contribution in [0.2, 0.25) is 0 Å². The predicted octanol–water partition coefficient (Wildman–Crippen LogP) is 0.556. The van der Waals surface area contributed by atoms with Gasteiger partial charge in [0.1, 0.15) is 0 Å². The molecule has 0 heterocycles. The summed E-state index contributed by atoms with van der Waals surface area (Å²) in [7, 11) is 4.76.